The molecule has 0 saturated heterocycles. The van der Waals surface area contributed by atoms with E-state index in [0.717, 1.165) is 23.7 Å². The Morgan fingerprint density at radius 1 is 0.735 bits per heavy atom. The summed E-state index contributed by atoms with van der Waals surface area (Å²) in [6.45, 7) is 2.27. The number of rotatable bonds is 13. The molecule has 0 spiro atoms. The van der Waals surface area contributed by atoms with Crippen LogP contribution >= 0.6 is 0 Å². The van der Waals surface area contributed by atoms with E-state index in [1.807, 2.05) is 18.2 Å². The van der Waals surface area contributed by atoms with Gasteiger partial charge in [-0.1, -0.05) is 94.4 Å². The van der Waals surface area contributed by atoms with Crippen molar-refractivity contribution < 1.29 is 0 Å². The van der Waals surface area contributed by atoms with Crippen LogP contribution in [0.5, 0.6) is 0 Å². The van der Waals surface area contributed by atoms with E-state index in [4.69, 9.17) is 5.26 Å². The molecule has 2 saturated carbocycles. The highest BCUT2D eigenvalue weighted by Gasteiger charge is 2.30. The molecule has 1 heteroatoms. The summed E-state index contributed by atoms with van der Waals surface area (Å²) >= 11 is 0. The third-order valence-corrected chi connectivity index (χ3v) is 8.78. The van der Waals surface area contributed by atoms with Gasteiger partial charge in [-0.15, -0.1) is 0 Å². The quantitative estimate of drug-likeness (QED) is 0.163. The molecule has 34 heavy (non-hydrogen) atoms. The van der Waals surface area contributed by atoms with Crippen molar-refractivity contribution in [3.63, 3.8) is 0 Å². The Morgan fingerprint density at radius 2 is 1.29 bits per heavy atom. The van der Waals surface area contributed by atoms with Crippen molar-refractivity contribution >= 4 is 0 Å². The fourth-order valence-corrected chi connectivity index (χ4v) is 6.52. The predicted molar refractivity (Wildman–Crippen MR) is 147 cm³/mol. The van der Waals surface area contributed by atoms with Crippen LogP contribution in [0.3, 0.4) is 0 Å². The number of allylic oxidation sites excluding steroid dienone is 4. The van der Waals surface area contributed by atoms with Gasteiger partial charge in [-0.3, -0.25) is 0 Å². The molecule has 2 aliphatic rings. The number of unbranched alkanes of at least 4 members (excludes halogenated alkanes) is 2. The highest BCUT2D eigenvalue weighted by Crippen LogP contribution is 2.43. The maximum atomic E-state index is 8.52. The van der Waals surface area contributed by atoms with Gasteiger partial charge in [0.1, 0.15) is 0 Å². The molecule has 1 nitrogen and oxygen atoms in total. The minimum Gasteiger partial charge on any atom is -0.193 e. The van der Waals surface area contributed by atoms with E-state index in [1.165, 1.54) is 120 Å². The van der Waals surface area contributed by atoms with E-state index < -0.39 is 0 Å². The maximum Gasteiger partial charge on any atom is 0.0912 e. The highest BCUT2D eigenvalue weighted by atomic mass is 14.4. The van der Waals surface area contributed by atoms with Gasteiger partial charge in [-0.05, 0) is 99.0 Å². The van der Waals surface area contributed by atoms with Crippen molar-refractivity contribution in [2.24, 2.45) is 23.7 Å². The van der Waals surface area contributed by atoms with Gasteiger partial charge in [-0.25, -0.2) is 0 Å². The van der Waals surface area contributed by atoms with Crippen LogP contribution in [-0.4, -0.2) is 0 Å². The van der Waals surface area contributed by atoms with Crippen LogP contribution in [0.2, 0.25) is 0 Å². The lowest BCUT2D eigenvalue weighted by Gasteiger charge is -2.38. The van der Waals surface area contributed by atoms with Gasteiger partial charge >= 0.3 is 0 Å². The molecule has 2 aliphatic carbocycles. The van der Waals surface area contributed by atoms with Crippen LogP contribution in [0.1, 0.15) is 114 Å². The fourth-order valence-electron chi connectivity index (χ4n) is 6.52. The molecule has 0 aromatic heterocycles. The van der Waals surface area contributed by atoms with Crippen LogP contribution in [0, 0.1) is 35.0 Å². The van der Waals surface area contributed by atoms with Gasteiger partial charge in [0.25, 0.3) is 0 Å². The van der Waals surface area contributed by atoms with Crippen LogP contribution in [0.4, 0.5) is 0 Å². The largest absolute Gasteiger partial charge is 0.193 e. The summed E-state index contributed by atoms with van der Waals surface area (Å²) in [5.41, 5.74) is 3.04. The summed E-state index contributed by atoms with van der Waals surface area (Å²) in [6.07, 6.45) is 31.4. The van der Waals surface area contributed by atoms with Gasteiger partial charge in [0.15, 0.2) is 0 Å². The Morgan fingerprint density at radius 3 is 1.85 bits per heavy atom. The van der Waals surface area contributed by atoms with Crippen LogP contribution in [0.15, 0.2) is 48.6 Å². The molecule has 1 aromatic carbocycles. The Balaban J connectivity index is 1.23. The van der Waals surface area contributed by atoms with E-state index in [0.29, 0.717) is 0 Å². The molecule has 0 N–H and O–H groups in total. The number of hydrogen-bond donors (Lipinski definition) is 0. The van der Waals surface area contributed by atoms with Crippen molar-refractivity contribution in [1.29, 1.82) is 5.26 Å². The average Bonchev–Trinajstić information content (AvgIpc) is 2.89. The van der Waals surface area contributed by atoms with Gasteiger partial charge < -0.3 is 0 Å². The fraction of sp³-hybridized carbons (Fsp3) is 0.667. The average molecular weight is 460 g/mol. The molecule has 0 atom stereocenters. The third-order valence-electron chi connectivity index (χ3n) is 8.78. The first kappa shape index (κ1) is 26.8. The lowest BCUT2D eigenvalue weighted by Crippen LogP contribution is -2.25. The van der Waals surface area contributed by atoms with E-state index >= 15 is 0 Å². The summed E-state index contributed by atoms with van der Waals surface area (Å²) in [5.74, 6) is 3.99. The van der Waals surface area contributed by atoms with E-state index in [9.17, 15) is 0 Å². The molecule has 0 heterocycles. The van der Waals surface area contributed by atoms with E-state index in [2.05, 4.69) is 37.3 Å². The summed E-state index contributed by atoms with van der Waals surface area (Å²) < 4.78 is 0. The summed E-state index contributed by atoms with van der Waals surface area (Å²) in [7, 11) is 0. The summed E-state index contributed by atoms with van der Waals surface area (Å²) in [6, 6.07) is 11.5. The Kier molecular flexibility index (Phi) is 12.6. The zero-order valence-electron chi connectivity index (χ0n) is 21.9. The van der Waals surface area contributed by atoms with Crippen molar-refractivity contribution in [3.8, 4) is 6.07 Å². The van der Waals surface area contributed by atoms with Gasteiger partial charge in [0.2, 0.25) is 0 Å². The number of aryl methyl sites for hydroxylation is 2. The third kappa shape index (κ3) is 9.82. The number of hydrogen-bond acceptors (Lipinski definition) is 1. The van der Waals surface area contributed by atoms with Crippen molar-refractivity contribution in [2.45, 2.75) is 116 Å². The first-order chi connectivity index (χ1) is 16.8. The lowest BCUT2D eigenvalue weighted by atomic mass is 9.68. The van der Waals surface area contributed by atoms with Gasteiger partial charge in [-0.2, -0.15) is 5.26 Å². The highest BCUT2D eigenvalue weighted by molar-refractivity contribution is 5.22. The Bertz CT molecular complexity index is 749. The molecular weight excluding hydrogens is 410 g/mol. The second-order valence-corrected chi connectivity index (χ2v) is 11.2. The van der Waals surface area contributed by atoms with E-state index in [-0.39, 0.29) is 0 Å². The summed E-state index contributed by atoms with van der Waals surface area (Å²) in [5, 5.41) is 8.52. The van der Waals surface area contributed by atoms with Gasteiger partial charge in [0.05, 0.1) is 6.07 Å². The number of nitriles is 1. The monoisotopic (exact) mass is 459 g/mol. The van der Waals surface area contributed by atoms with Crippen molar-refractivity contribution in [1.82, 2.24) is 0 Å². The molecule has 186 valence electrons. The molecule has 2 fully saturated rings. The predicted octanol–water partition coefficient (Wildman–Crippen LogP) is 9.77. The molecule has 1 aromatic rings. The van der Waals surface area contributed by atoms with Crippen LogP contribution in [-0.2, 0) is 12.8 Å². The topological polar surface area (TPSA) is 23.8 Å². The van der Waals surface area contributed by atoms with Crippen molar-refractivity contribution in [3.05, 3.63) is 59.7 Å². The molecule has 0 unspecified atom stereocenters. The zero-order valence-corrected chi connectivity index (χ0v) is 21.9. The maximum absolute atomic E-state index is 8.52. The second kappa shape index (κ2) is 16.0. The molecule has 0 aliphatic heterocycles. The second-order valence-electron chi connectivity index (χ2n) is 11.2. The van der Waals surface area contributed by atoms with Crippen molar-refractivity contribution in [2.75, 3.05) is 0 Å². The summed E-state index contributed by atoms with van der Waals surface area (Å²) in [4.78, 5) is 0. The normalized spacial score (nSPS) is 25.6. The Hall–Kier alpha value is -1.81. The van der Waals surface area contributed by atoms with E-state index in [1.54, 1.807) is 6.08 Å². The first-order valence-corrected chi connectivity index (χ1v) is 14.6. The number of benzene rings is 1. The molecule has 0 bridgehead atoms. The minimum atomic E-state index is 0.935. The minimum absolute atomic E-state index is 0.935. The lowest BCUT2D eigenvalue weighted by molar-refractivity contribution is 0.140. The Labute approximate surface area is 210 Å². The SMILES string of the molecule is CCCCc1ccc(CCCCC2CCC(C3CCC(CC/C=C/C=C/C#N)CC3)CC2)cc1. The number of nitrogens with zero attached hydrogens (tertiary/aromatic N) is 1. The molecule has 0 amide bonds. The first-order valence-electron chi connectivity index (χ1n) is 14.6. The molecule has 3 rings (SSSR count). The smallest absolute Gasteiger partial charge is 0.0912 e. The standard InChI is InChI=1S/C33H49N/c1-2-3-11-28-15-17-29(18-16-28)13-8-9-14-31-21-25-33(26-22-31)32-23-19-30(20-24-32)12-7-5-4-6-10-27-34/h4-6,10,15-18,30-33H,2-3,7-9,11-14,19-26H2,1H3/b5-4+,10-6+. The molecular formula is C33H49N. The van der Waals surface area contributed by atoms with Gasteiger partial charge in [0, 0.05) is 6.08 Å². The van der Waals surface area contributed by atoms with Crippen LogP contribution < -0.4 is 0 Å². The van der Waals surface area contributed by atoms with Crippen LogP contribution in [0.25, 0.3) is 0 Å². The zero-order chi connectivity index (χ0) is 23.8. The molecule has 0 radical (unpaired) electrons.